The summed E-state index contributed by atoms with van der Waals surface area (Å²) in [4.78, 5) is 5.79. The molecule has 2 nitrogen and oxygen atoms in total. The van der Waals surface area contributed by atoms with Crippen molar-refractivity contribution in [2.45, 2.75) is 33.7 Å². The zero-order valence-corrected chi connectivity index (χ0v) is 11.4. The van der Waals surface area contributed by atoms with Crippen LogP contribution in [0.5, 0.6) is 0 Å². The van der Waals surface area contributed by atoms with Crippen LogP contribution in [0.3, 0.4) is 0 Å². The van der Waals surface area contributed by atoms with Crippen LogP contribution in [-0.4, -0.2) is 4.98 Å². The van der Waals surface area contributed by atoms with Crippen LogP contribution in [0.25, 0.3) is 0 Å². The summed E-state index contributed by atoms with van der Waals surface area (Å²) in [5, 5.41) is 1.03. The van der Waals surface area contributed by atoms with Crippen molar-refractivity contribution in [2.24, 2.45) is 5.73 Å². The first-order chi connectivity index (χ1) is 8.08. The van der Waals surface area contributed by atoms with Crippen LogP contribution in [-0.2, 0) is 13.0 Å². The Morgan fingerprint density at radius 2 is 1.76 bits per heavy atom. The molecular formula is C14H18N2S. The molecule has 0 atom stereocenters. The van der Waals surface area contributed by atoms with Gasteiger partial charge in [-0.15, -0.1) is 11.3 Å². The Labute approximate surface area is 107 Å². The van der Waals surface area contributed by atoms with E-state index in [1.165, 1.54) is 21.6 Å². The summed E-state index contributed by atoms with van der Waals surface area (Å²) >= 11 is 1.73. The summed E-state index contributed by atoms with van der Waals surface area (Å²) in [6.07, 6.45) is 0.964. The third kappa shape index (κ3) is 2.93. The van der Waals surface area contributed by atoms with Crippen molar-refractivity contribution < 1.29 is 0 Å². The van der Waals surface area contributed by atoms with E-state index in [-0.39, 0.29) is 0 Å². The van der Waals surface area contributed by atoms with Gasteiger partial charge in [-0.3, -0.25) is 0 Å². The number of hydrogen-bond acceptors (Lipinski definition) is 3. The van der Waals surface area contributed by atoms with Gasteiger partial charge in [0.25, 0.3) is 0 Å². The average Bonchev–Trinajstić information content (AvgIpc) is 2.58. The molecule has 0 bridgehead atoms. The monoisotopic (exact) mass is 246 g/mol. The molecule has 0 radical (unpaired) electrons. The van der Waals surface area contributed by atoms with Crippen LogP contribution in [0.2, 0.25) is 0 Å². The molecule has 1 aromatic heterocycles. The fraction of sp³-hybridized carbons (Fsp3) is 0.357. The molecule has 0 amide bonds. The van der Waals surface area contributed by atoms with E-state index in [2.05, 4.69) is 44.0 Å². The molecule has 0 aliphatic heterocycles. The van der Waals surface area contributed by atoms with Gasteiger partial charge >= 0.3 is 0 Å². The van der Waals surface area contributed by atoms with E-state index in [1.807, 2.05) is 0 Å². The van der Waals surface area contributed by atoms with Gasteiger partial charge in [-0.05, 0) is 26.3 Å². The Kier molecular flexibility index (Phi) is 3.60. The molecule has 1 heterocycles. The normalized spacial score (nSPS) is 10.8. The molecule has 3 heteroatoms. The molecule has 2 rings (SSSR count). The third-order valence-electron chi connectivity index (χ3n) is 2.76. The highest BCUT2D eigenvalue weighted by molar-refractivity contribution is 7.11. The zero-order chi connectivity index (χ0) is 12.4. The lowest BCUT2D eigenvalue weighted by molar-refractivity contribution is 1.01. The van der Waals surface area contributed by atoms with Gasteiger partial charge in [-0.25, -0.2) is 4.98 Å². The van der Waals surface area contributed by atoms with Gasteiger partial charge in [0.1, 0.15) is 5.01 Å². The van der Waals surface area contributed by atoms with Crippen molar-refractivity contribution in [3.05, 3.63) is 50.5 Å². The van der Waals surface area contributed by atoms with Crippen molar-refractivity contribution in [3.63, 3.8) is 0 Å². The van der Waals surface area contributed by atoms with Crippen molar-refractivity contribution >= 4 is 11.3 Å². The molecule has 0 unspecified atom stereocenters. The number of nitrogens with two attached hydrogens (primary N) is 1. The minimum atomic E-state index is 0.540. The van der Waals surface area contributed by atoms with E-state index in [0.29, 0.717) is 6.54 Å². The Balaban J connectivity index is 2.27. The Morgan fingerprint density at radius 1 is 1.12 bits per heavy atom. The van der Waals surface area contributed by atoms with Crippen molar-refractivity contribution in [1.29, 1.82) is 0 Å². The van der Waals surface area contributed by atoms with E-state index >= 15 is 0 Å². The lowest BCUT2D eigenvalue weighted by atomic mass is 10.0. The standard InChI is InChI=1S/C14H18N2S/c1-9-4-10(2)6-12(5-9)7-13-11(3)16-14(8-15)17-13/h4-6H,7-8,15H2,1-3H3. The average molecular weight is 246 g/mol. The van der Waals surface area contributed by atoms with Gasteiger partial charge in [0.05, 0.1) is 5.69 Å². The topological polar surface area (TPSA) is 38.9 Å². The molecule has 0 spiro atoms. The van der Waals surface area contributed by atoms with Crippen LogP contribution in [0.4, 0.5) is 0 Å². The number of benzene rings is 1. The fourth-order valence-corrected chi connectivity index (χ4v) is 3.08. The zero-order valence-electron chi connectivity index (χ0n) is 10.6. The maximum absolute atomic E-state index is 5.62. The molecular weight excluding hydrogens is 228 g/mol. The second-order valence-electron chi connectivity index (χ2n) is 4.49. The van der Waals surface area contributed by atoms with Crippen LogP contribution in [0.15, 0.2) is 18.2 Å². The quantitative estimate of drug-likeness (QED) is 0.903. The maximum Gasteiger partial charge on any atom is 0.107 e. The molecule has 2 N–H and O–H groups in total. The van der Waals surface area contributed by atoms with Crippen LogP contribution in [0.1, 0.15) is 32.3 Å². The maximum atomic E-state index is 5.62. The summed E-state index contributed by atoms with van der Waals surface area (Å²) in [5.74, 6) is 0. The molecule has 17 heavy (non-hydrogen) atoms. The van der Waals surface area contributed by atoms with Crippen molar-refractivity contribution in [1.82, 2.24) is 4.98 Å². The molecule has 0 fully saturated rings. The summed E-state index contributed by atoms with van der Waals surface area (Å²) < 4.78 is 0. The smallest absolute Gasteiger partial charge is 0.107 e. The molecule has 0 saturated heterocycles. The summed E-state index contributed by atoms with van der Waals surface area (Å²) in [7, 11) is 0. The summed E-state index contributed by atoms with van der Waals surface area (Å²) in [6.45, 7) is 6.88. The van der Waals surface area contributed by atoms with Gasteiger partial charge in [0, 0.05) is 17.8 Å². The van der Waals surface area contributed by atoms with Gasteiger partial charge < -0.3 is 5.73 Å². The molecule has 2 aromatic rings. The molecule has 0 aliphatic carbocycles. The van der Waals surface area contributed by atoms with E-state index < -0.39 is 0 Å². The lowest BCUT2D eigenvalue weighted by Gasteiger charge is -2.04. The minimum absolute atomic E-state index is 0.540. The SMILES string of the molecule is Cc1cc(C)cc(Cc2sc(CN)nc2C)c1. The van der Waals surface area contributed by atoms with E-state index in [0.717, 1.165) is 17.1 Å². The highest BCUT2D eigenvalue weighted by Crippen LogP contribution is 2.22. The first-order valence-electron chi connectivity index (χ1n) is 5.81. The second-order valence-corrected chi connectivity index (χ2v) is 5.66. The van der Waals surface area contributed by atoms with E-state index in [1.54, 1.807) is 11.3 Å². The van der Waals surface area contributed by atoms with Crippen molar-refractivity contribution in [3.8, 4) is 0 Å². The lowest BCUT2D eigenvalue weighted by Crippen LogP contribution is -1.94. The summed E-state index contributed by atoms with van der Waals surface area (Å²) in [5.41, 5.74) is 10.7. The highest BCUT2D eigenvalue weighted by Gasteiger charge is 2.07. The Bertz CT molecular complexity index is 509. The molecule has 90 valence electrons. The fourth-order valence-electron chi connectivity index (χ4n) is 2.10. The van der Waals surface area contributed by atoms with Gasteiger partial charge in [0.2, 0.25) is 0 Å². The third-order valence-corrected chi connectivity index (χ3v) is 3.94. The van der Waals surface area contributed by atoms with Gasteiger partial charge in [-0.2, -0.15) is 0 Å². The largest absolute Gasteiger partial charge is 0.325 e. The van der Waals surface area contributed by atoms with Crippen LogP contribution in [0, 0.1) is 20.8 Å². The first kappa shape index (κ1) is 12.3. The number of thiazole rings is 1. The highest BCUT2D eigenvalue weighted by atomic mass is 32.1. The number of rotatable bonds is 3. The van der Waals surface area contributed by atoms with Gasteiger partial charge in [0.15, 0.2) is 0 Å². The molecule has 0 saturated carbocycles. The van der Waals surface area contributed by atoms with Crippen molar-refractivity contribution in [2.75, 3.05) is 0 Å². The number of hydrogen-bond donors (Lipinski definition) is 1. The first-order valence-corrected chi connectivity index (χ1v) is 6.62. The summed E-state index contributed by atoms with van der Waals surface area (Å²) in [6, 6.07) is 6.69. The Hall–Kier alpha value is -1.19. The van der Waals surface area contributed by atoms with E-state index in [9.17, 15) is 0 Å². The number of nitrogens with zero attached hydrogens (tertiary/aromatic N) is 1. The second kappa shape index (κ2) is 4.98. The predicted octanol–water partition coefficient (Wildman–Crippen LogP) is 3.12. The van der Waals surface area contributed by atoms with Crippen LogP contribution < -0.4 is 5.73 Å². The Morgan fingerprint density at radius 3 is 2.29 bits per heavy atom. The van der Waals surface area contributed by atoms with Gasteiger partial charge in [-0.1, -0.05) is 29.3 Å². The minimum Gasteiger partial charge on any atom is -0.325 e. The van der Waals surface area contributed by atoms with Crippen LogP contribution >= 0.6 is 11.3 Å². The number of aryl methyl sites for hydroxylation is 3. The predicted molar refractivity (Wildman–Crippen MR) is 73.5 cm³/mol. The molecule has 0 aliphatic rings. The molecule has 1 aromatic carbocycles. The van der Waals surface area contributed by atoms with E-state index in [4.69, 9.17) is 5.73 Å². The number of aromatic nitrogens is 1.